The number of rotatable bonds is 6. The van der Waals surface area contributed by atoms with Crippen molar-refractivity contribution in [2.75, 3.05) is 19.7 Å². The molecule has 0 spiro atoms. The Balaban J connectivity index is 2.38. The normalized spacial score (nSPS) is 23.2. The highest BCUT2D eigenvalue weighted by Gasteiger charge is 2.32. The van der Waals surface area contributed by atoms with Gasteiger partial charge in [-0.3, -0.25) is 4.79 Å². The van der Waals surface area contributed by atoms with Crippen molar-refractivity contribution >= 4 is 5.91 Å². The number of carbonyl (C=O) groups is 1. The number of hydrogen-bond acceptors (Lipinski definition) is 3. The van der Waals surface area contributed by atoms with E-state index in [2.05, 4.69) is 19.2 Å². The first-order valence-electron chi connectivity index (χ1n) is 6.21. The summed E-state index contributed by atoms with van der Waals surface area (Å²) in [5.41, 5.74) is 0. The van der Waals surface area contributed by atoms with Crippen molar-refractivity contribution in [3.63, 3.8) is 0 Å². The molecule has 4 heteroatoms. The van der Waals surface area contributed by atoms with Gasteiger partial charge in [0.15, 0.2) is 0 Å². The second kappa shape index (κ2) is 6.21. The predicted molar refractivity (Wildman–Crippen MR) is 64.3 cm³/mol. The fourth-order valence-electron chi connectivity index (χ4n) is 2.12. The zero-order chi connectivity index (χ0) is 12.1. The van der Waals surface area contributed by atoms with Crippen molar-refractivity contribution in [3.05, 3.63) is 0 Å². The number of likely N-dealkylation sites (tertiary alicyclic amines) is 1. The Morgan fingerprint density at radius 3 is 2.75 bits per heavy atom. The molecular formula is C12H24N2O2. The van der Waals surface area contributed by atoms with Crippen LogP contribution in [0.1, 0.15) is 34.1 Å². The summed E-state index contributed by atoms with van der Waals surface area (Å²) in [5, 5.41) is 3.29. The standard InChI is InChI=1S/C12H24N2O2/c1-5-16-10(4)8-14-7-6-11(12(14)15)13-9(2)3/h9-11,13H,5-8H2,1-4H3. The molecule has 0 saturated carbocycles. The molecule has 1 heterocycles. The summed E-state index contributed by atoms with van der Waals surface area (Å²) < 4.78 is 5.45. The van der Waals surface area contributed by atoms with Crippen LogP contribution in [0.25, 0.3) is 0 Å². The molecule has 16 heavy (non-hydrogen) atoms. The minimum absolute atomic E-state index is 0.00817. The predicted octanol–water partition coefficient (Wildman–Crippen LogP) is 1.01. The third kappa shape index (κ3) is 3.76. The van der Waals surface area contributed by atoms with Crippen molar-refractivity contribution in [3.8, 4) is 0 Å². The Labute approximate surface area is 98.3 Å². The molecule has 1 N–H and O–H groups in total. The van der Waals surface area contributed by atoms with Crippen molar-refractivity contribution in [1.29, 1.82) is 0 Å². The third-order valence-corrected chi connectivity index (χ3v) is 2.76. The van der Waals surface area contributed by atoms with Crippen molar-refractivity contribution in [2.24, 2.45) is 0 Å². The lowest BCUT2D eigenvalue weighted by atomic mass is 10.2. The summed E-state index contributed by atoms with van der Waals surface area (Å²) in [7, 11) is 0. The molecule has 1 aliphatic heterocycles. The van der Waals surface area contributed by atoms with Crippen LogP contribution < -0.4 is 5.32 Å². The Morgan fingerprint density at radius 1 is 1.50 bits per heavy atom. The molecule has 2 unspecified atom stereocenters. The molecule has 1 aliphatic rings. The number of hydrogen-bond donors (Lipinski definition) is 1. The molecule has 0 aromatic carbocycles. The lowest BCUT2D eigenvalue weighted by Crippen LogP contribution is -2.43. The van der Waals surface area contributed by atoms with E-state index in [1.807, 2.05) is 18.7 Å². The molecule has 2 atom stereocenters. The van der Waals surface area contributed by atoms with Crippen LogP contribution in [0, 0.1) is 0 Å². The fraction of sp³-hybridized carbons (Fsp3) is 0.917. The molecule has 94 valence electrons. The summed E-state index contributed by atoms with van der Waals surface area (Å²) in [6.45, 7) is 10.4. The van der Waals surface area contributed by atoms with E-state index >= 15 is 0 Å². The lowest BCUT2D eigenvalue weighted by molar-refractivity contribution is -0.131. The van der Waals surface area contributed by atoms with E-state index in [9.17, 15) is 4.79 Å². The van der Waals surface area contributed by atoms with E-state index in [0.717, 1.165) is 13.0 Å². The zero-order valence-corrected chi connectivity index (χ0v) is 10.8. The van der Waals surface area contributed by atoms with Gasteiger partial charge in [-0.25, -0.2) is 0 Å². The summed E-state index contributed by atoms with van der Waals surface area (Å²) in [6.07, 6.45) is 1.04. The van der Waals surface area contributed by atoms with Gasteiger partial charge in [0, 0.05) is 25.7 Å². The summed E-state index contributed by atoms with van der Waals surface area (Å²) in [6, 6.07) is 0.368. The van der Waals surface area contributed by atoms with E-state index in [4.69, 9.17) is 4.74 Å². The molecule has 0 aromatic heterocycles. The number of ether oxygens (including phenoxy) is 1. The van der Waals surface area contributed by atoms with Gasteiger partial charge in [-0.2, -0.15) is 0 Å². The average molecular weight is 228 g/mol. The summed E-state index contributed by atoms with van der Waals surface area (Å²) >= 11 is 0. The fourth-order valence-corrected chi connectivity index (χ4v) is 2.12. The summed E-state index contributed by atoms with van der Waals surface area (Å²) in [4.78, 5) is 13.9. The lowest BCUT2D eigenvalue weighted by Gasteiger charge is -2.21. The van der Waals surface area contributed by atoms with Crippen molar-refractivity contribution in [2.45, 2.75) is 52.3 Å². The number of nitrogens with one attached hydrogen (secondary N) is 1. The second-order valence-corrected chi connectivity index (χ2v) is 4.71. The van der Waals surface area contributed by atoms with Crippen molar-refractivity contribution < 1.29 is 9.53 Å². The molecule has 1 saturated heterocycles. The first kappa shape index (κ1) is 13.5. The minimum atomic E-state index is 0.00817. The zero-order valence-electron chi connectivity index (χ0n) is 10.8. The Kier molecular flexibility index (Phi) is 5.22. The van der Waals surface area contributed by atoms with E-state index < -0.39 is 0 Å². The van der Waals surface area contributed by atoms with E-state index in [1.165, 1.54) is 0 Å². The smallest absolute Gasteiger partial charge is 0.239 e. The molecule has 0 aromatic rings. The highest BCUT2D eigenvalue weighted by molar-refractivity contribution is 5.84. The van der Waals surface area contributed by atoms with Crippen molar-refractivity contribution in [1.82, 2.24) is 10.2 Å². The quantitative estimate of drug-likeness (QED) is 0.737. The van der Waals surface area contributed by atoms with E-state index in [-0.39, 0.29) is 18.1 Å². The van der Waals surface area contributed by atoms with Gasteiger partial charge >= 0.3 is 0 Å². The van der Waals surface area contributed by atoms with E-state index in [1.54, 1.807) is 0 Å². The van der Waals surface area contributed by atoms with Crippen LogP contribution in [0.4, 0.5) is 0 Å². The first-order chi connectivity index (χ1) is 7.54. The number of amides is 1. The topological polar surface area (TPSA) is 41.6 Å². The number of carbonyl (C=O) groups excluding carboxylic acids is 1. The Hall–Kier alpha value is -0.610. The van der Waals surface area contributed by atoms with Crippen LogP contribution in [0.5, 0.6) is 0 Å². The monoisotopic (exact) mass is 228 g/mol. The molecule has 0 radical (unpaired) electrons. The van der Waals surface area contributed by atoms with Gasteiger partial charge in [-0.1, -0.05) is 13.8 Å². The van der Waals surface area contributed by atoms with Gasteiger partial charge in [0.25, 0.3) is 0 Å². The molecule has 1 amide bonds. The maximum atomic E-state index is 12.0. The molecule has 4 nitrogen and oxygen atoms in total. The maximum absolute atomic E-state index is 12.0. The van der Waals surface area contributed by atoms with Crippen LogP contribution in [-0.4, -0.2) is 48.7 Å². The number of nitrogens with zero attached hydrogens (tertiary/aromatic N) is 1. The van der Waals surface area contributed by atoms with Gasteiger partial charge < -0.3 is 15.0 Å². The molecule has 1 fully saturated rings. The van der Waals surface area contributed by atoms with Crippen LogP contribution in [0.3, 0.4) is 0 Å². The summed E-state index contributed by atoms with van der Waals surface area (Å²) in [5.74, 6) is 0.222. The van der Waals surface area contributed by atoms with Gasteiger partial charge in [-0.15, -0.1) is 0 Å². The minimum Gasteiger partial charge on any atom is -0.377 e. The van der Waals surface area contributed by atoms with Crippen LogP contribution in [0.2, 0.25) is 0 Å². The van der Waals surface area contributed by atoms with Gasteiger partial charge in [0.05, 0.1) is 12.1 Å². The average Bonchev–Trinajstić information content (AvgIpc) is 2.50. The Morgan fingerprint density at radius 2 is 2.19 bits per heavy atom. The van der Waals surface area contributed by atoms with Gasteiger partial charge in [-0.05, 0) is 20.3 Å². The van der Waals surface area contributed by atoms with Gasteiger partial charge in [0.2, 0.25) is 5.91 Å². The highest BCUT2D eigenvalue weighted by atomic mass is 16.5. The van der Waals surface area contributed by atoms with Gasteiger partial charge in [0.1, 0.15) is 0 Å². The third-order valence-electron chi connectivity index (χ3n) is 2.76. The van der Waals surface area contributed by atoms with E-state index in [0.29, 0.717) is 19.2 Å². The Bertz CT molecular complexity index is 231. The van der Waals surface area contributed by atoms with Crippen LogP contribution in [-0.2, 0) is 9.53 Å². The molecule has 1 rings (SSSR count). The van der Waals surface area contributed by atoms with Crippen LogP contribution in [0.15, 0.2) is 0 Å². The largest absolute Gasteiger partial charge is 0.377 e. The SMILES string of the molecule is CCOC(C)CN1CCC(NC(C)C)C1=O. The van der Waals surface area contributed by atoms with Crippen LogP contribution >= 0.6 is 0 Å². The molecule has 0 aliphatic carbocycles. The first-order valence-corrected chi connectivity index (χ1v) is 6.21. The molecule has 0 bridgehead atoms. The highest BCUT2D eigenvalue weighted by Crippen LogP contribution is 2.12. The second-order valence-electron chi connectivity index (χ2n) is 4.71. The maximum Gasteiger partial charge on any atom is 0.239 e. The molecular weight excluding hydrogens is 204 g/mol.